The van der Waals surface area contributed by atoms with Gasteiger partial charge in [0.05, 0.1) is 0 Å². The predicted octanol–water partition coefficient (Wildman–Crippen LogP) is 2.08. The molecule has 0 saturated carbocycles. The molecule has 0 spiro atoms. The first kappa shape index (κ1) is 11.7. The first-order valence-electron chi connectivity index (χ1n) is 4.72. The zero-order valence-electron chi connectivity index (χ0n) is 8.01. The van der Waals surface area contributed by atoms with Crippen LogP contribution in [0, 0.1) is 17.8 Å². The van der Waals surface area contributed by atoms with Crippen molar-refractivity contribution in [3.63, 3.8) is 0 Å². The molecule has 72 valence electrons. The largest absolute Gasteiger partial charge is 0.396 e. The van der Waals surface area contributed by atoms with E-state index in [4.69, 9.17) is 0 Å². The molecule has 14 heavy (non-hydrogen) atoms. The maximum Gasteiger partial charge on any atom is 0.0476 e. The first-order valence-corrected chi connectivity index (χ1v) is 4.72. The van der Waals surface area contributed by atoms with Crippen LogP contribution in [0.5, 0.6) is 0 Å². The second-order valence-electron chi connectivity index (χ2n) is 3.54. The standard InChI is InChI=1S/C12H14O.Ti/c13-9-12(10-5-1-2-6-10)11-7-3-4-8-11;/h1-8,10-13H,9H2;. The smallest absolute Gasteiger partial charge is 0.0476 e. The minimum atomic E-state index is 0. The first-order chi connectivity index (χ1) is 6.42. The monoisotopic (exact) mass is 222 g/mol. The maximum atomic E-state index is 9.31. The SMILES string of the molecule is OCC(C1C=CC=C1)C1C=CC=C1.[Ti]. The van der Waals surface area contributed by atoms with Crippen molar-refractivity contribution < 1.29 is 26.8 Å². The van der Waals surface area contributed by atoms with Gasteiger partial charge in [-0.1, -0.05) is 48.6 Å². The summed E-state index contributed by atoms with van der Waals surface area (Å²) in [5.74, 6) is 1.12. The molecule has 0 heterocycles. The van der Waals surface area contributed by atoms with Crippen LogP contribution < -0.4 is 0 Å². The average Bonchev–Trinajstić information content (AvgIpc) is 2.76. The van der Waals surface area contributed by atoms with Crippen LogP contribution >= 0.6 is 0 Å². The fourth-order valence-electron chi connectivity index (χ4n) is 1.97. The summed E-state index contributed by atoms with van der Waals surface area (Å²) in [5, 5.41) is 9.31. The number of hydrogen-bond acceptors (Lipinski definition) is 1. The summed E-state index contributed by atoms with van der Waals surface area (Å²) in [6.45, 7) is 0.249. The van der Waals surface area contributed by atoms with Gasteiger partial charge in [0.15, 0.2) is 0 Å². The number of hydrogen-bond donors (Lipinski definition) is 1. The molecule has 0 atom stereocenters. The van der Waals surface area contributed by atoms with Crippen LogP contribution in [0.25, 0.3) is 0 Å². The molecule has 0 aliphatic heterocycles. The molecule has 0 aromatic heterocycles. The Labute approximate surface area is 99.8 Å². The van der Waals surface area contributed by atoms with Crippen LogP contribution in [0.4, 0.5) is 0 Å². The Morgan fingerprint density at radius 3 is 1.50 bits per heavy atom. The van der Waals surface area contributed by atoms with E-state index >= 15 is 0 Å². The summed E-state index contributed by atoms with van der Waals surface area (Å²) in [5.41, 5.74) is 0. The predicted molar refractivity (Wildman–Crippen MR) is 54.1 cm³/mol. The minimum absolute atomic E-state index is 0. The molecule has 0 bridgehead atoms. The van der Waals surface area contributed by atoms with Gasteiger partial charge in [0.25, 0.3) is 0 Å². The summed E-state index contributed by atoms with van der Waals surface area (Å²) in [7, 11) is 0. The Hall–Kier alpha value is -0.366. The summed E-state index contributed by atoms with van der Waals surface area (Å²) < 4.78 is 0. The molecule has 1 N–H and O–H groups in total. The quantitative estimate of drug-likeness (QED) is 0.725. The molecule has 2 rings (SSSR count). The van der Waals surface area contributed by atoms with E-state index in [0.717, 1.165) is 0 Å². The van der Waals surface area contributed by atoms with Gasteiger partial charge >= 0.3 is 0 Å². The Bertz CT molecular complexity index is 237. The van der Waals surface area contributed by atoms with Crippen LogP contribution in [0.15, 0.2) is 48.6 Å². The third-order valence-corrected chi connectivity index (χ3v) is 2.76. The van der Waals surface area contributed by atoms with Gasteiger partial charge < -0.3 is 5.11 Å². The average molecular weight is 222 g/mol. The summed E-state index contributed by atoms with van der Waals surface area (Å²) >= 11 is 0. The molecule has 0 saturated heterocycles. The van der Waals surface area contributed by atoms with Gasteiger partial charge in [0.2, 0.25) is 0 Å². The van der Waals surface area contributed by atoms with E-state index in [1.807, 2.05) is 0 Å². The third kappa shape index (κ3) is 2.36. The number of aliphatic hydroxyl groups excluding tert-OH is 1. The summed E-state index contributed by atoms with van der Waals surface area (Å²) in [4.78, 5) is 0. The van der Waals surface area contributed by atoms with E-state index in [-0.39, 0.29) is 28.3 Å². The van der Waals surface area contributed by atoms with Crippen LogP contribution in [0.3, 0.4) is 0 Å². The van der Waals surface area contributed by atoms with Crippen molar-refractivity contribution in [2.24, 2.45) is 17.8 Å². The minimum Gasteiger partial charge on any atom is -0.396 e. The molecular formula is C12H14OTi. The fourth-order valence-corrected chi connectivity index (χ4v) is 1.97. The fraction of sp³-hybridized carbons (Fsp3) is 0.333. The van der Waals surface area contributed by atoms with Crippen molar-refractivity contribution in [3.05, 3.63) is 48.6 Å². The Kier molecular flexibility index (Phi) is 4.60. The van der Waals surface area contributed by atoms with E-state index < -0.39 is 0 Å². The van der Waals surface area contributed by atoms with Crippen LogP contribution in [-0.4, -0.2) is 11.7 Å². The normalized spacial score (nSPS) is 19.9. The molecule has 0 aromatic rings. The van der Waals surface area contributed by atoms with Crippen molar-refractivity contribution in [1.29, 1.82) is 0 Å². The molecule has 0 fully saturated rings. The van der Waals surface area contributed by atoms with Gasteiger partial charge in [-0.2, -0.15) is 0 Å². The second kappa shape index (κ2) is 5.50. The number of allylic oxidation sites excluding steroid dienone is 8. The van der Waals surface area contributed by atoms with E-state index in [2.05, 4.69) is 48.6 Å². The van der Waals surface area contributed by atoms with Gasteiger partial charge in [-0.05, 0) is 0 Å². The molecule has 0 unspecified atom stereocenters. The van der Waals surface area contributed by atoms with Gasteiger partial charge in [-0.15, -0.1) is 0 Å². The van der Waals surface area contributed by atoms with Gasteiger partial charge in [0, 0.05) is 46.1 Å². The van der Waals surface area contributed by atoms with Crippen molar-refractivity contribution in [2.45, 2.75) is 0 Å². The van der Waals surface area contributed by atoms with E-state index in [1.54, 1.807) is 0 Å². The topological polar surface area (TPSA) is 20.2 Å². The molecule has 2 aliphatic rings. The summed E-state index contributed by atoms with van der Waals surface area (Å²) in [6.07, 6.45) is 16.8. The van der Waals surface area contributed by atoms with Crippen LogP contribution in [-0.2, 0) is 21.7 Å². The van der Waals surface area contributed by atoms with E-state index in [1.165, 1.54) is 0 Å². The van der Waals surface area contributed by atoms with Crippen LogP contribution in [0.2, 0.25) is 0 Å². The maximum absolute atomic E-state index is 9.31. The van der Waals surface area contributed by atoms with Crippen molar-refractivity contribution in [1.82, 2.24) is 0 Å². The van der Waals surface area contributed by atoms with Gasteiger partial charge in [0.1, 0.15) is 0 Å². The van der Waals surface area contributed by atoms with Gasteiger partial charge in [-0.3, -0.25) is 0 Å². The summed E-state index contributed by atoms with van der Waals surface area (Å²) in [6, 6.07) is 0. The Balaban J connectivity index is 0.000000980. The molecule has 0 aromatic carbocycles. The molecular weight excluding hydrogens is 208 g/mol. The number of aliphatic hydroxyl groups is 1. The van der Waals surface area contributed by atoms with E-state index in [0.29, 0.717) is 17.8 Å². The second-order valence-corrected chi connectivity index (χ2v) is 3.54. The molecule has 0 radical (unpaired) electrons. The van der Waals surface area contributed by atoms with Crippen LogP contribution in [0.1, 0.15) is 0 Å². The Morgan fingerprint density at radius 2 is 1.21 bits per heavy atom. The zero-order chi connectivity index (χ0) is 9.10. The third-order valence-electron chi connectivity index (χ3n) is 2.76. The van der Waals surface area contributed by atoms with Gasteiger partial charge in [-0.25, -0.2) is 0 Å². The number of rotatable bonds is 3. The van der Waals surface area contributed by atoms with Crippen molar-refractivity contribution in [3.8, 4) is 0 Å². The van der Waals surface area contributed by atoms with Crippen molar-refractivity contribution >= 4 is 0 Å². The molecule has 1 nitrogen and oxygen atoms in total. The molecule has 2 heteroatoms. The molecule has 0 amide bonds. The van der Waals surface area contributed by atoms with Crippen molar-refractivity contribution in [2.75, 3.05) is 6.61 Å². The van der Waals surface area contributed by atoms with E-state index in [9.17, 15) is 5.11 Å². The Morgan fingerprint density at radius 1 is 0.857 bits per heavy atom. The molecule has 2 aliphatic carbocycles. The zero-order valence-corrected chi connectivity index (χ0v) is 9.57.